The average Bonchev–Trinajstić information content (AvgIpc) is 2.46. The fourth-order valence-corrected chi connectivity index (χ4v) is 3.03. The SMILES string of the molecule is CCC(NC1CCN(c2ccccc2)CC1)C(C)C. The molecule has 1 atom stereocenters. The van der Waals surface area contributed by atoms with Crippen LogP contribution in [-0.4, -0.2) is 25.2 Å². The monoisotopic (exact) mass is 260 g/mol. The van der Waals surface area contributed by atoms with Gasteiger partial charge in [0.2, 0.25) is 0 Å². The number of hydrogen-bond donors (Lipinski definition) is 1. The molecule has 1 fully saturated rings. The quantitative estimate of drug-likeness (QED) is 0.869. The van der Waals surface area contributed by atoms with Crippen LogP contribution in [0, 0.1) is 5.92 Å². The first-order chi connectivity index (χ1) is 9.20. The van der Waals surface area contributed by atoms with Crippen LogP contribution >= 0.6 is 0 Å². The Balaban J connectivity index is 1.82. The van der Waals surface area contributed by atoms with Gasteiger partial charge in [0.15, 0.2) is 0 Å². The Bertz CT molecular complexity index is 353. The van der Waals surface area contributed by atoms with Crippen LogP contribution in [0.25, 0.3) is 0 Å². The highest BCUT2D eigenvalue weighted by atomic mass is 15.1. The van der Waals surface area contributed by atoms with Crippen molar-refractivity contribution in [2.45, 2.75) is 52.1 Å². The lowest BCUT2D eigenvalue weighted by atomic mass is 9.97. The highest BCUT2D eigenvalue weighted by Gasteiger charge is 2.22. The summed E-state index contributed by atoms with van der Waals surface area (Å²) in [5, 5.41) is 3.85. The van der Waals surface area contributed by atoms with E-state index >= 15 is 0 Å². The van der Waals surface area contributed by atoms with Crippen LogP contribution in [0.5, 0.6) is 0 Å². The largest absolute Gasteiger partial charge is 0.371 e. The molecule has 1 saturated heterocycles. The number of rotatable bonds is 5. The Labute approximate surface area is 118 Å². The van der Waals surface area contributed by atoms with Gasteiger partial charge in [-0.05, 0) is 37.3 Å². The van der Waals surface area contributed by atoms with Gasteiger partial charge in [-0.1, -0.05) is 39.0 Å². The minimum absolute atomic E-state index is 0.674. The average molecular weight is 260 g/mol. The van der Waals surface area contributed by atoms with Crippen molar-refractivity contribution in [3.05, 3.63) is 30.3 Å². The summed E-state index contributed by atoms with van der Waals surface area (Å²) in [5.74, 6) is 0.733. The Kier molecular flexibility index (Phi) is 5.26. The third-order valence-electron chi connectivity index (χ3n) is 4.31. The molecule has 1 aromatic carbocycles. The molecule has 106 valence electrons. The fourth-order valence-electron chi connectivity index (χ4n) is 3.03. The van der Waals surface area contributed by atoms with Crippen molar-refractivity contribution < 1.29 is 0 Å². The van der Waals surface area contributed by atoms with Gasteiger partial charge < -0.3 is 10.2 Å². The molecule has 2 nitrogen and oxygen atoms in total. The van der Waals surface area contributed by atoms with Gasteiger partial charge in [-0.2, -0.15) is 0 Å². The van der Waals surface area contributed by atoms with Gasteiger partial charge in [-0.15, -0.1) is 0 Å². The van der Waals surface area contributed by atoms with Crippen molar-refractivity contribution in [3.8, 4) is 0 Å². The zero-order valence-corrected chi connectivity index (χ0v) is 12.6. The number of benzene rings is 1. The van der Waals surface area contributed by atoms with Crippen molar-refractivity contribution in [3.63, 3.8) is 0 Å². The second kappa shape index (κ2) is 6.95. The van der Waals surface area contributed by atoms with Gasteiger partial charge in [0, 0.05) is 30.9 Å². The summed E-state index contributed by atoms with van der Waals surface area (Å²) in [6.07, 6.45) is 3.76. The van der Waals surface area contributed by atoms with Gasteiger partial charge in [0.1, 0.15) is 0 Å². The maximum Gasteiger partial charge on any atom is 0.0366 e. The van der Waals surface area contributed by atoms with E-state index in [9.17, 15) is 0 Å². The van der Waals surface area contributed by atoms with Crippen LogP contribution < -0.4 is 10.2 Å². The third kappa shape index (κ3) is 3.97. The van der Waals surface area contributed by atoms with E-state index in [1.165, 1.54) is 38.0 Å². The minimum Gasteiger partial charge on any atom is -0.371 e. The van der Waals surface area contributed by atoms with Gasteiger partial charge in [-0.25, -0.2) is 0 Å². The summed E-state index contributed by atoms with van der Waals surface area (Å²) in [6, 6.07) is 12.2. The normalized spacial score (nSPS) is 18.8. The number of para-hydroxylation sites is 1. The van der Waals surface area contributed by atoms with E-state index in [1.54, 1.807) is 0 Å². The first-order valence-electron chi connectivity index (χ1n) is 7.76. The molecule has 1 N–H and O–H groups in total. The van der Waals surface area contributed by atoms with E-state index in [1.807, 2.05) is 0 Å². The van der Waals surface area contributed by atoms with Crippen LogP contribution in [-0.2, 0) is 0 Å². The van der Waals surface area contributed by atoms with E-state index in [0.29, 0.717) is 12.1 Å². The fraction of sp³-hybridized carbons (Fsp3) is 0.647. The van der Waals surface area contributed by atoms with Gasteiger partial charge in [0.05, 0.1) is 0 Å². The standard InChI is InChI=1S/C17H28N2/c1-4-17(14(2)3)18-15-10-12-19(13-11-15)16-8-6-5-7-9-16/h5-9,14-15,17-18H,4,10-13H2,1-3H3. The first-order valence-corrected chi connectivity index (χ1v) is 7.76. The Hall–Kier alpha value is -1.02. The minimum atomic E-state index is 0.674. The first kappa shape index (κ1) is 14.4. The van der Waals surface area contributed by atoms with Crippen LogP contribution in [0.3, 0.4) is 0 Å². The summed E-state index contributed by atoms with van der Waals surface area (Å²) in [7, 11) is 0. The van der Waals surface area contributed by atoms with Gasteiger partial charge in [-0.3, -0.25) is 0 Å². The Morgan fingerprint density at radius 3 is 2.32 bits per heavy atom. The molecule has 19 heavy (non-hydrogen) atoms. The molecule has 1 unspecified atom stereocenters. The van der Waals surface area contributed by atoms with Crippen LogP contribution in [0.2, 0.25) is 0 Å². The van der Waals surface area contributed by atoms with Crippen molar-refractivity contribution >= 4 is 5.69 Å². The molecule has 1 aliphatic heterocycles. The van der Waals surface area contributed by atoms with Crippen molar-refractivity contribution in [2.24, 2.45) is 5.92 Å². The molecular formula is C17H28N2. The zero-order valence-electron chi connectivity index (χ0n) is 12.6. The number of piperidine rings is 1. The third-order valence-corrected chi connectivity index (χ3v) is 4.31. The van der Waals surface area contributed by atoms with Crippen molar-refractivity contribution in [2.75, 3.05) is 18.0 Å². The van der Waals surface area contributed by atoms with Crippen molar-refractivity contribution in [1.82, 2.24) is 5.32 Å². The smallest absolute Gasteiger partial charge is 0.0366 e. The molecule has 2 heteroatoms. The molecular weight excluding hydrogens is 232 g/mol. The zero-order chi connectivity index (χ0) is 13.7. The lowest BCUT2D eigenvalue weighted by Crippen LogP contribution is -2.47. The molecule has 0 amide bonds. The number of hydrogen-bond acceptors (Lipinski definition) is 2. The lowest BCUT2D eigenvalue weighted by Gasteiger charge is -2.36. The lowest BCUT2D eigenvalue weighted by molar-refractivity contribution is 0.310. The molecule has 0 aromatic heterocycles. The van der Waals surface area contributed by atoms with Crippen LogP contribution in [0.4, 0.5) is 5.69 Å². The maximum atomic E-state index is 3.85. The second-order valence-corrected chi connectivity index (χ2v) is 6.02. The molecule has 1 heterocycles. The van der Waals surface area contributed by atoms with Gasteiger partial charge >= 0.3 is 0 Å². The summed E-state index contributed by atoms with van der Waals surface area (Å²) >= 11 is 0. The Morgan fingerprint density at radius 2 is 1.79 bits per heavy atom. The Morgan fingerprint density at radius 1 is 1.16 bits per heavy atom. The summed E-state index contributed by atoms with van der Waals surface area (Å²) in [4.78, 5) is 2.51. The predicted molar refractivity (Wildman–Crippen MR) is 83.7 cm³/mol. The number of nitrogens with one attached hydrogen (secondary N) is 1. The molecule has 0 spiro atoms. The van der Waals surface area contributed by atoms with E-state index in [2.05, 4.69) is 61.3 Å². The molecule has 0 radical (unpaired) electrons. The maximum absolute atomic E-state index is 3.85. The van der Waals surface area contributed by atoms with Crippen LogP contribution in [0.15, 0.2) is 30.3 Å². The summed E-state index contributed by atoms with van der Waals surface area (Å²) < 4.78 is 0. The molecule has 0 saturated carbocycles. The highest BCUT2D eigenvalue weighted by Crippen LogP contribution is 2.20. The van der Waals surface area contributed by atoms with E-state index in [-0.39, 0.29) is 0 Å². The highest BCUT2D eigenvalue weighted by molar-refractivity contribution is 5.46. The summed E-state index contributed by atoms with van der Waals surface area (Å²) in [6.45, 7) is 9.28. The number of anilines is 1. The van der Waals surface area contributed by atoms with Gasteiger partial charge in [0.25, 0.3) is 0 Å². The number of nitrogens with zero attached hydrogens (tertiary/aromatic N) is 1. The van der Waals surface area contributed by atoms with E-state index in [4.69, 9.17) is 0 Å². The molecule has 1 aliphatic rings. The molecule has 0 bridgehead atoms. The molecule has 0 aliphatic carbocycles. The van der Waals surface area contributed by atoms with Crippen LogP contribution in [0.1, 0.15) is 40.0 Å². The summed E-state index contributed by atoms with van der Waals surface area (Å²) in [5.41, 5.74) is 1.37. The molecule has 2 rings (SSSR count). The predicted octanol–water partition coefficient (Wildman–Crippen LogP) is 3.68. The van der Waals surface area contributed by atoms with Crippen molar-refractivity contribution in [1.29, 1.82) is 0 Å². The topological polar surface area (TPSA) is 15.3 Å². The van der Waals surface area contributed by atoms with E-state index < -0.39 is 0 Å². The molecule has 1 aromatic rings. The van der Waals surface area contributed by atoms with E-state index in [0.717, 1.165) is 5.92 Å². The second-order valence-electron chi connectivity index (χ2n) is 6.02.